The minimum absolute atomic E-state index is 0.00444. The lowest BCUT2D eigenvalue weighted by molar-refractivity contribution is -0.155. The molecule has 4 aromatic rings. The summed E-state index contributed by atoms with van der Waals surface area (Å²) in [6.45, 7) is 12.5. The van der Waals surface area contributed by atoms with Crippen LogP contribution in [0.1, 0.15) is 83.6 Å². The Morgan fingerprint density at radius 1 is 0.466 bits per heavy atom. The molecule has 0 atom stereocenters. The van der Waals surface area contributed by atoms with E-state index in [4.69, 9.17) is 9.47 Å². The summed E-state index contributed by atoms with van der Waals surface area (Å²) in [6.07, 6.45) is -2.77. The van der Waals surface area contributed by atoms with Crippen molar-refractivity contribution in [2.45, 2.75) is 105 Å². The maximum absolute atomic E-state index is 14.6. The highest BCUT2D eigenvalue weighted by Gasteiger charge is 2.37. The molecular weight excluding hydrogens is 733 g/mol. The van der Waals surface area contributed by atoms with Crippen LogP contribution in [0.2, 0.25) is 0 Å². The van der Waals surface area contributed by atoms with E-state index in [1.54, 1.807) is 41.5 Å². The summed E-state index contributed by atoms with van der Waals surface area (Å²) in [4.78, 5) is 75.9. The summed E-state index contributed by atoms with van der Waals surface area (Å²) in [5.41, 5.74) is 1.68. The zero-order valence-corrected chi connectivity index (χ0v) is 34.9. The van der Waals surface area contributed by atoms with Crippen molar-refractivity contribution in [1.82, 2.24) is 19.6 Å². The second-order valence-electron chi connectivity index (χ2n) is 16.3. The van der Waals surface area contributed by atoms with Crippen molar-refractivity contribution in [3.8, 4) is 0 Å². The van der Waals surface area contributed by atoms with Crippen molar-refractivity contribution in [2.24, 2.45) is 0 Å². The quantitative estimate of drug-likeness (QED) is 0.0984. The van der Waals surface area contributed by atoms with Gasteiger partial charge >= 0.3 is 12.2 Å². The molecule has 0 saturated carbocycles. The number of hydrogen-bond acceptors (Lipinski definition) is 7. The van der Waals surface area contributed by atoms with Gasteiger partial charge in [0.05, 0.1) is 0 Å². The lowest BCUT2D eigenvalue weighted by atomic mass is 10.1. The number of nitrogens with zero attached hydrogens (tertiary/aromatic N) is 4. The van der Waals surface area contributed by atoms with E-state index >= 15 is 0 Å². The zero-order valence-electron chi connectivity index (χ0n) is 34.9. The van der Waals surface area contributed by atoms with Crippen LogP contribution in [0.15, 0.2) is 121 Å². The van der Waals surface area contributed by atoms with E-state index in [0.717, 1.165) is 22.3 Å². The fraction of sp³-hybridized carbons (Fsp3) is 0.383. The van der Waals surface area contributed by atoms with Gasteiger partial charge in [-0.1, -0.05) is 121 Å². The number of ketones is 1. The van der Waals surface area contributed by atoms with Gasteiger partial charge in [0.25, 0.3) is 0 Å². The number of benzene rings is 4. The molecule has 0 radical (unpaired) electrons. The number of carbonyl (C=O) groups is 5. The first-order chi connectivity index (χ1) is 27.5. The number of Topliss-reactive ketones (excluding diaryl/α,β-unsaturated/α-hetero) is 1. The molecule has 0 aliphatic heterocycles. The van der Waals surface area contributed by atoms with E-state index < -0.39 is 47.2 Å². The molecule has 0 spiro atoms. The molecule has 308 valence electrons. The molecule has 0 aromatic heterocycles. The number of rotatable bonds is 17. The molecule has 11 nitrogen and oxygen atoms in total. The predicted octanol–water partition coefficient (Wildman–Crippen LogP) is 8.61. The SMILES string of the molecule is CC(=O)C(N(Cc1ccccc1)C(=O)CCN(Cc1ccccc1)C(=O)OC(C)(C)C)N(Cc1ccccc1)C(=O)CCN(Cc1ccccc1)C(=O)OC(C)(C)C. The molecule has 0 unspecified atom stereocenters. The fourth-order valence-electron chi connectivity index (χ4n) is 6.27. The molecule has 0 N–H and O–H groups in total. The summed E-state index contributed by atoms with van der Waals surface area (Å²) in [5, 5.41) is 0. The van der Waals surface area contributed by atoms with Gasteiger partial charge < -0.3 is 29.1 Å². The molecule has 4 amide bonds. The molecule has 0 bridgehead atoms. The number of hydrogen-bond donors (Lipinski definition) is 0. The number of ether oxygens (including phenoxy) is 2. The smallest absolute Gasteiger partial charge is 0.410 e. The molecule has 4 rings (SSSR count). The first-order valence-corrected chi connectivity index (χ1v) is 19.7. The van der Waals surface area contributed by atoms with Gasteiger partial charge in [0.1, 0.15) is 11.2 Å². The predicted molar refractivity (Wildman–Crippen MR) is 224 cm³/mol. The molecule has 0 heterocycles. The van der Waals surface area contributed by atoms with Gasteiger partial charge in [0.15, 0.2) is 11.9 Å². The minimum Gasteiger partial charge on any atom is -0.444 e. The molecule has 0 aliphatic rings. The van der Waals surface area contributed by atoms with Gasteiger partial charge in [-0.2, -0.15) is 0 Å². The maximum atomic E-state index is 14.6. The van der Waals surface area contributed by atoms with Crippen LogP contribution < -0.4 is 0 Å². The first-order valence-electron chi connectivity index (χ1n) is 19.7. The van der Waals surface area contributed by atoms with Crippen molar-refractivity contribution in [1.29, 1.82) is 0 Å². The Morgan fingerprint density at radius 3 is 1.00 bits per heavy atom. The largest absolute Gasteiger partial charge is 0.444 e. The van der Waals surface area contributed by atoms with Gasteiger partial charge in [-0.05, 0) is 70.7 Å². The van der Waals surface area contributed by atoms with Gasteiger partial charge in [-0.3, -0.25) is 14.4 Å². The van der Waals surface area contributed by atoms with Crippen LogP contribution in [-0.2, 0) is 50.0 Å². The summed E-state index contributed by atoms with van der Waals surface area (Å²) < 4.78 is 11.5. The standard InChI is InChI=1S/C47H58N4O7/c1-36(52)43(50(34-39-24-16-10-17-25-39)41(53)28-30-48(44(55)57-46(2,3)4)32-37-20-12-8-13-21-37)51(35-40-26-18-11-19-27-40)42(54)29-31-49(45(56)58-47(5,6)7)33-38-22-14-9-15-23-38/h8-27,43H,28-35H2,1-7H3. The van der Waals surface area contributed by atoms with Crippen LogP contribution >= 0.6 is 0 Å². The second-order valence-corrected chi connectivity index (χ2v) is 16.3. The topological polar surface area (TPSA) is 117 Å². The molecule has 0 saturated heterocycles. The molecule has 4 aromatic carbocycles. The number of amides is 4. The van der Waals surface area contributed by atoms with Crippen LogP contribution in [0.5, 0.6) is 0 Å². The van der Waals surface area contributed by atoms with Crippen LogP contribution in [0.3, 0.4) is 0 Å². The number of carbonyl (C=O) groups excluding carboxylic acids is 5. The van der Waals surface area contributed by atoms with E-state index in [9.17, 15) is 24.0 Å². The van der Waals surface area contributed by atoms with E-state index in [1.165, 1.54) is 26.5 Å². The van der Waals surface area contributed by atoms with E-state index in [-0.39, 0.29) is 52.1 Å². The Bertz CT molecular complexity index is 1790. The summed E-state index contributed by atoms with van der Waals surface area (Å²) in [7, 11) is 0. The van der Waals surface area contributed by atoms with Crippen molar-refractivity contribution < 1.29 is 33.4 Å². The third kappa shape index (κ3) is 14.8. The van der Waals surface area contributed by atoms with Gasteiger partial charge in [0, 0.05) is 52.1 Å². The minimum atomic E-state index is -1.31. The highest BCUT2D eigenvalue weighted by molar-refractivity contribution is 5.91. The van der Waals surface area contributed by atoms with Crippen molar-refractivity contribution in [2.75, 3.05) is 13.1 Å². The highest BCUT2D eigenvalue weighted by Crippen LogP contribution is 2.22. The van der Waals surface area contributed by atoms with Crippen molar-refractivity contribution in [3.05, 3.63) is 144 Å². The lowest BCUT2D eigenvalue weighted by Gasteiger charge is -2.39. The highest BCUT2D eigenvalue weighted by atomic mass is 16.6. The van der Waals surface area contributed by atoms with Gasteiger partial charge in [0.2, 0.25) is 11.8 Å². The van der Waals surface area contributed by atoms with Crippen LogP contribution in [-0.4, -0.2) is 79.8 Å². The fourth-order valence-corrected chi connectivity index (χ4v) is 6.27. The van der Waals surface area contributed by atoms with Gasteiger partial charge in [-0.15, -0.1) is 0 Å². The monoisotopic (exact) mass is 790 g/mol. The molecule has 58 heavy (non-hydrogen) atoms. The van der Waals surface area contributed by atoms with Crippen LogP contribution in [0.25, 0.3) is 0 Å². The Labute approximate surface area is 343 Å². The van der Waals surface area contributed by atoms with E-state index in [1.807, 2.05) is 121 Å². The average molecular weight is 791 g/mol. The maximum Gasteiger partial charge on any atom is 0.410 e. The van der Waals surface area contributed by atoms with Gasteiger partial charge in [-0.25, -0.2) is 9.59 Å². The third-order valence-electron chi connectivity index (χ3n) is 8.91. The van der Waals surface area contributed by atoms with E-state index in [0.29, 0.717) is 0 Å². The first kappa shape index (κ1) is 44.7. The molecular formula is C47H58N4O7. The Balaban J connectivity index is 1.69. The zero-order chi connectivity index (χ0) is 42.3. The van der Waals surface area contributed by atoms with Crippen molar-refractivity contribution >= 4 is 29.8 Å². The van der Waals surface area contributed by atoms with Crippen LogP contribution in [0.4, 0.5) is 9.59 Å². The third-order valence-corrected chi connectivity index (χ3v) is 8.91. The Hall–Kier alpha value is -5.97. The van der Waals surface area contributed by atoms with E-state index in [2.05, 4.69) is 0 Å². The summed E-state index contributed by atoms with van der Waals surface area (Å²) in [5.74, 6) is -1.29. The summed E-state index contributed by atoms with van der Waals surface area (Å²) >= 11 is 0. The van der Waals surface area contributed by atoms with Crippen LogP contribution in [0, 0.1) is 0 Å². The Morgan fingerprint density at radius 2 is 0.741 bits per heavy atom. The lowest BCUT2D eigenvalue weighted by Crippen LogP contribution is -2.56. The molecule has 0 aliphatic carbocycles. The normalized spacial score (nSPS) is 11.4. The molecule has 0 fully saturated rings. The average Bonchev–Trinajstić information content (AvgIpc) is 3.17. The molecule has 11 heteroatoms. The Kier molecular flexibility index (Phi) is 16.2. The van der Waals surface area contributed by atoms with Crippen molar-refractivity contribution in [3.63, 3.8) is 0 Å². The second kappa shape index (κ2) is 21.0. The summed E-state index contributed by atoms with van der Waals surface area (Å²) in [6, 6.07) is 37.3.